The molecule has 0 bridgehead atoms. The predicted octanol–water partition coefficient (Wildman–Crippen LogP) is 4.41. The van der Waals surface area contributed by atoms with Crippen molar-refractivity contribution < 1.29 is 19.0 Å². The Morgan fingerprint density at radius 1 is 1.36 bits per heavy atom. The smallest absolute Gasteiger partial charge is 0.193 e. The van der Waals surface area contributed by atoms with Crippen LogP contribution in [0.5, 0.6) is 0 Å². The van der Waals surface area contributed by atoms with Gasteiger partial charge in [-0.05, 0) is 50.9 Å². The monoisotopic (exact) mass is 368 g/mol. The van der Waals surface area contributed by atoms with E-state index in [1.807, 2.05) is 19.9 Å². The molecule has 0 aromatic heterocycles. The van der Waals surface area contributed by atoms with E-state index >= 15 is 0 Å². The highest BCUT2D eigenvalue weighted by molar-refractivity contribution is 6.74. The van der Waals surface area contributed by atoms with Crippen molar-refractivity contribution in [3.63, 3.8) is 0 Å². The average Bonchev–Trinajstić information content (AvgIpc) is 2.80. The Hall–Kier alpha value is -0.463. The molecule has 1 aliphatic carbocycles. The van der Waals surface area contributed by atoms with E-state index in [1.54, 1.807) is 0 Å². The van der Waals surface area contributed by atoms with Gasteiger partial charge in [-0.3, -0.25) is 0 Å². The average molecular weight is 369 g/mol. The van der Waals surface area contributed by atoms with Crippen LogP contribution in [0.4, 0.5) is 0 Å². The lowest BCUT2D eigenvalue weighted by atomic mass is 9.79. The summed E-state index contributed by atoms with van der Waals surface area (Å²) in [5.74, 6) is -0.353. The van der Waals surface area contributed by atoms with Gasteiger partial charge in [-0.15, -0.1) is 0 Å². The van der Waals surface area contributed by atoms with Crippen molar-refractivity contribution in [3.8, 4) is 0 Å². The van der Waals surface area contributed by atoms with Crippen molar-refractivity contribution in [2.75, 3.05) is 13.2 Å². The first kappa shape index (κ1) is 20.8. The normalized spacial score (nSPS) is 32.1. The molecule has 4 nitrogen and oxygen atoms in total. The Morgan fingerprint density at radius 3 is 2.48 bits per heavy atom. The van der Waals surface area contributed by atoms with Crippen molar-refractivity contribution in [1.29, 1.82) is 0 Å². The molecule has 144 valence electrons. The van der Waals surface area contributed by atoms with Crippen molar-refractivity contribution in [2.45, 2.75) is 84.1 Å². The molecular weight excluding hydrogens is 332 g/mol. The summed E-state index contributed by atoms with van der Waals surface area (Å²) in [5, 5.41) is 9.75. The summed E-state index contributed by atoms with van der Waals surface area (Å²) in [6, 6.07) is 0. The largest absolute Gasteiger partial charge is 0.407 e. The quantitative estimate of drug-likeness (QED) is 0.590. The summed E-state index contributed by atoms with van der Waals surface area (Å²) in [4.78, 5) is 0. The Balaban J connectivity index is 2.30. The van der Waals surface area contributed by atoms with Gasteiger partial charge in [-0.2, -0.15) is 0 Å². The van der Waals surface area contributed by atoms with Crippen LogP contribution in [-0.2, 0) is 13.9 Å². The van der Waals surface area contributed by atoms with E-state index in [-0.39, 0.29) is 29.8 Å². The van der Waals surface area contributed by atoms with Crippen LogP contribution in [0.1, 0.15) is 48.0 Å². The lowest BCUT2D eigenvalue weighted by Gasteiger charge is -2.42. The van der Waals surface area contributed by atoms with Gasteiger partial charge in [0.15, 0.2) is 14.1 Å². The number of allylic oxidation sites excluding steroid dienone is 1. The van der Waals surface area contributed by atoms with Gasteiger partial charge in [0.1, 0.15) is 0 Å². The minimum Gasteiger partial charge on any atom is -0.407 e. The highest BCUT2D eigenvalue weighted by Gasteiger charge is 2.44. The molecule has 1 heterocycles. The summed E-state index contributed by atoms with van der Waals surface area (Å²) in [7, 11) is -1.93. The minimum atomic E-state index is -1.93. The van der Waals surface area contributed by atoms with Gasteiger partial charge in [0.05, 0.1) is 25.4 Å². The van der Waals surface area contributed by atoms with Gasteiger partial charge in [0.2, 0.25) is 0 Å². The molecule has 0 amide bonds. The van der Waals surface area contributed by atoms with Crippen LogP contribution in [-0.4, -0.2) is 44.6 Å². The predicted molar refractivity (Wildman–Crippen MR) is 104 cm³/mol. The van der Waals surface area contributed by atoms with Crippen LogP contribution < -0.4 is 0 Å². The Bertz CT molecular complexity index is 542. The zero-order chi connectivity index (χ0) is 19.0. The molecule has 3 atom stereocenters. The van der Waals surface area contributed by atoms with Crippen LogP contribution in [0.2, 0.25) is 18.1 Å². The molecule has 25 heavy (non-hydrogen) atoms. The molecule has 0 radical (unpaired) electrons. The summed E-state index contributed by atoms with van der Waals surface area (Å²) in [6.45, 7) is 18.0. The molecule has 1 saturated heterocycles. The molecule has 0 saturated carbocycles. The van der Waals surface area contributed by atoms with Crippen molar-refractivity contribution in [3.05, 3.63) is 23.3 Å². The number of aliphatic hydroxyl groups is 1. The van der Waals surface area contributed by atoms with E-state index in [0.717, 1.165) is 12.0 Å². The second kappa shape index (κ2) is 7.28. The zero-order valence-corrected chi connectivity index (χ0v) is 18.2. The summed E-state index contributed by atoms with van der Waals surface area (Å²) in [5.41, 5.74) is 2.46. The third-order valence-corrected chi connectivity index (χ3v) is 10.2. The SMILES string of the molecule is CC1=C[C@H](O[Si](C)(C)C(C)(C)C)/C(=C/CO)C([C@H]2COC(C)(C)O2)C1. The molecule has 2 rings (SSSR count). The Morgan fingerprint density at radius 2 is 2.00 bits per heavy atom. The van der Waals surface area contributed by atoms with Gasteiger partial charge >= 0.3 is 0 Å². The van der Waals surface area contributed by atoms with Crippen LogP contribution in [0.25, 0.3) is 0 Å². The van der Waals surface area contributed by atoms with Crippen LogP contribution in [0.3, 0.4) is 0 Å². The summed E-state index contributed by atoms with van der Waals surface area (Å²) in [6.07, 6.45) is 4.98. The molecule has 1 unspecified atom stereocenters. The molecular formula is C20H36O4Si. The third-order valence-electron chi connectivity index (χ3n) is 5.77. The maximum atomic E-state index is 9.61. The van der Waals surface area contributed by atoms with Crippen molar-refractivity contribution >= 4 is 8.32 Å². The van der Waals surface area contributed by atoms with Crippen molar-refractivity contribution in [1.82, 2.24) is 0 Å². The topological polar surface area (TPSA) is 47.9 Å². The fourth-order valence-corrected chi connectivity index (χ4v) is 4.52. The zero-order valence-electron chi connectivity index (χ0n) is 17.2. The lowest BCUT2D eigenvalue weighted by Crippen LogP contribution is -2.46. The van der Waals surface area contributed by atoms with Gasteiger partial charge in [-0.25, -0.2) is 0 Å². The van der Waals surface area contributed by atoms with Crippen LogP contribution in [0.15, 0.2) is 23.3 Å². The van der Waals surface area contributed by atoms with Gasteiger partial charge < -0.3 is 19.0 Å². The molecule has 1 N–H and O–H groups in total. The first-order valence-electron chi connectivity index (χ1n) is 9.34. The molecule has 5 heteroatoms. The van der Waals surface area contributed by atoms with Gasteiger partial charge in [0, 0.05) is 5.92 Å². The third kappa shape index (κ3) is 4.83. The number of ether oxygens (including phenoxy) is 2. The molecule has 0 aromatic carbocycles. The second-order valence-electron chi connectivity index (χ2n) is 9.38. The van der Waals surface area contributed by atoms with Crippen LogP contribution in [0, 0.1) is 5.92 Å². The van der Waals surface area contributed by atoms with Gasteiger partial charge in [0.25, 0.3) is 0 Å². The van der Waals surface area contributed by atoms with Crippen molar-refractivity contribution in [2.24, 2.45) is 5.92 Å². The summed E-state index contributed by atoms with van der Waals surface area (Å²) < 4.78 is 18.6. The van der Waals surface area contributed by atoms with E-state index in [9.17, 15) is 5.11 Å². The lowest BCUT2D eigenvalue weighted by molar-refractivity contribution is -0.143. The molecule has 1 aliphatic heterocycles. The highest BCUT2D eigenvalue weighted by atomic mass is 28.4. The molecule has 0 spiro atoms. The first-order valence-corrected chi connectivity index (χ1v) is 12.2. The summed E-state index contributed by atoms with van der Waals surface area (Å²) >= 11 is 0. The fraction of sp³-hybridized carbons (Fsp3) is 0.800. The van der Waals surface area contributed by atoms with E-state index < -0.39 is 14.1 Å². The molecule has 0 aromatic rings. The maximum absolute atomic E-state index is 9.61. The van der Waals surface area contributed by atoms with Gasteiger partial charge in [-0.1, -0.05) is 38.5 Å². The highest BCUT2D eigenvalue weighted by Crippen LogP contribution is 2.43. The number of hydrogen-bond donors (Lipinski definition) is 1. The Labute approximate surface area is 154 Å². The molecule has 1 fully saturated rings. The van der Waals surface area contributed by atoms with E-state index in [4.69, 9.17) is 13.9 Å². The minimum absolute atomic E-state index is 0.00182. The van der Waals surface area contributed by atoms with Crippen LogP contribution >= 0.6 is 0 Å². The number of aliphatic hydroxyl groups excluding tert-OH is 1. The standard InChI is InChI=1S/C20H36O4Si/c1-14-11-16(18-13-22-20(5,6)23-18)15(9-10-21)17(12-14)24-25(7,8)19(2,3)4/h9,12,16-18,21H,10-11,13H2,1-8H3/b15-9+/t16?,17-,18+/m0/s1. The number of rotatable bonds is 4. The van der Waals surface area contributed by atoms with E-state index in [2.05, 4.69) is 46.9 Å². The maximum Gasteiger partial charge on any atom is 0.193 e. The van der Waals surface area contributed by atoms with E-state index in [1.165, 1.54) is 5.57 Å². The molecule has 2 aliphatic rings. The first-order chi connectivity index (χ1) is 11.4. The fourth-order valence-electron chi connectivity index (χ4n) is 3.33. The second-order valence-corrected chi connectivity index (χ2v) is 14.1. The number of hydrogen-bond acceptors (Lipinski definition) is 4. The van der Waals surface area contributed by atoms with E-state index in [0.29, 0.717) is 6.61 Å². The Kier molecular flexibility index (Phi) is 6.07.